The second-order valence-electron chi connectivity index (χ2n) is 4.25. The van der Waals surface area contributed by atoms with E-state index in [-0.39, 0.29) is 5.92 Å². The molecule has 0 amide bonds. The summed E-state index contributed by atoms with van der Waals surface area (Å²) in [6.45, 7) is 6.45. The van der Waals surface area contributed by atoms with Crippen LogP contribution in [0.4, 0.5) is 5.82 Å². The molecule has 100 valence electrons. The van der Waals surface area contributed by atoms with Crippen molar-refractivity contribution in [2.24, 2.45) is 11.8 Å². The highest BCUT2D eigenvalue weighted by Gasteiger charge is 2.21. The zero-order chi connectivity index (χ0) is 13.5. The molecular weight excluding hydrogens is 234 g/mol. The van der Waals surface area contributed by atoms with Gasteiger partial charge in [-0.05, 0) is 12.8 Å². The first-order valence-electron chi connectivity index (χ1n) is 5.96. The van der Waals surface area contributed by atoms with Crippen LogP contribution in [-0.4, -0.2) is 34.2 Å². The van der Waals surface area contributed by atoms with Gasteiger partial charge in [0.15, 0.2) is 0 Å². The van der Waals surface area contributed by atoms with Crippen LogP contribution in [0, 0.1) is 11.8 Å². The number of nitrogens with one attached hydrogen (secondary N) is 1. The monoisotopic (exact) mass is 253 g/mol. The minimum atomic E-state index is -0.813. The van der Waals surface area contributed by atoms with Gasteiger partial charge in [-0.25, -0.2) is 0 Å². The van der Waals surface area contributed by atoms with E-state index in [0.29, 0.717) is 24.8 Å². The maximum atomic E-state index is 11.0. The topological polar surface area (TPSA) is 84.3 Å². The molecule has 2 N–H and O–H groups in total. The van der Waals surface area contributed by atoms with Gasteiger partial charge in [0, 0.05) is 6.54 Å². The lowest BCUT2D eigenvalue weighted by molar-refractivity contribution is -0.142. The van der Waals surface area contributed by atoms with Crippen molar-refractivity contribution in [2.45, 2.75) is 20.8 Å². The molecule has 18 heavy (non-hydrogen) atoms. The molecule has 1 heterocycles. The number of carboxylic acids is 1. The summed E-state index contributed by atoms with van der Waals surface area (Å²) in [7, 11) is 0. The van der Waals surface area contributed by atoms with E-state index in [1.807, 2.05) is 20.8 Å². The number of carbonyl (C=O) groups is 1. The highest BCUT2D eigenvalue weighted by atomic mass is 16.5. The van der Waals surface area contributed by atoms with E-state index in [2.05, 4.69) is 15.3 Å². The molecule has 0 aliphatic heterocycles. The Bertz CT molecular complexity index is 396. The molecule has 1 rings (SSSR count). The molecule has 0 fully saturated rings. The molecule has 1 aromatic rings. The van der Waals surface area contributed by atoms with Gasteiger partial charge in [-0.1, -0.05) is 13.8 Å². The largest absolute Gasteiger partial charge is 0.481 e. The predicted octanol–water partition coefficient (Wildman–Crippen LogP) is 1.64. The standard InChI is InChI=1S/C12H19N3O3/c1-4-18-11-7-13-6-10(15-11)14-5-9(8(2)3)12(16)17/h6-9H,4-5H2,1-3H3,(H,14,15)(H,16,17). The van der Waals surface area contributed by atoms with Crippen LogP contribution in [0.15, 0.2) is 12.4 Å². The fourth-order valence-corrected chi connectivity index (χ4v) is 1.47. The Morgan fingerprint density at radius 3 is 2.78 bits per heavy atom. The third-order valence-corrected chi connectivity index (χ3v) is 2.53. The number of anilines is 1. The molecule has 0 radical (unpaired) electrons. The fraction of sp³-hybridized carbons (Fsp3) is 0.583. The Labute approximate surface area is 106 Å². The van der Waals surface area contributed by atoms with Crippen molar-refractivity contribution in [1.29, 1.82) is 0 Å². The van der Waals surface area contributed by atoms with Gasteiger partial charge in [-0.3, -0.25) is 9.78 Å². The van der Waals surface area contributed by atoms with Crippen molar-refractivity contribution in [1.82, 2.24) is 9.97 Å². The Balaban J connectivity index is 2.61. The molecule has 0 saturated heterocycles. The quantitative estimate of drug-likeness (QED) is 0.768. The van der Waals surface area contributed by atoms with Crippen LogP contribution in [0.1, 0.15) is 20.8 Å². The summed E-state index contributed by atoms with van der Waals surface area (Å²) in [5, 5.41) is 12.0. The second-order valence-corrected chi connectivity index (χ2v) is 4.25. The van der Waals surface area contributed by atoms with Gasteiger partial charge in [-0.15, -0.1) is 0 Å². The normalized spacial score (nSPS) is 12.2. The number of aliphatic carboxylic acids is 1. The van der Waals surface area contributed by atoms with Crippen molar-refractivity contribution in [3.8, 4) is 5.88 Å². The van der Waals surface area contributed by atoms with Crippen LogP contribution < -0.4 is 10.1 Å². The third kappa shape index (κ3) is 4.20. The van der Waals surface area contributed by atoms with Crippen molar-refractivity contribution in [3.63, 3.8) is 0 Å². The first-order valence-corrected chi connectivity index (χ1v) is 5.96. The Kier molecular flexibility index (Phi) is 5.35. The Morgan fingerprint density at radius 1 is 1.50 bits per heavy atom. The molecule has 6 heteroatoms. The van der Waals surface area contributed by atoms with Crippen LogP contribution in [0.5, 0.6) is 5.88 Å². The maximum Gasteiger partial charge on any atom is 0.308 e. The van der Waals surface area contributed by atoms with Gasteiger partial charge >= 0.3 is 5.97 Å². The lowest BCUT2D eigenvalue weighted by Crippen LogP contribution is -2.27. The number of carboxylic acid groups (broad SMARTS) is 1. The van der Waals surface area contributed by atoms with Gasteiger partial charge in [0.05, 0.1) is 24.9 Å². The number of hydrogen-bond acceptors (Lipinski definition) is 5. The van der Waals surface area contributed by atoms with E-state index in [9.17, 15) is 4.79 Å². The highest BCUT2D eigenvalue weighted by Crippen LogP contribution is 2.14. The number of ether oxygens (including phenoxy) is 1. The summed E-state index contributed by atoms with van der Waals surface area (Å²) in [6.07, 6.45) is 3.06. The summed E-state index contributed by atoms with van der Waals surface area (Å²) in [5.74, 6) is -0.265. The smallest absolute Gasteiger partial charge is 0.308 e. The first-order chi connectivity index (χ1) is 8.54. The van der Waals surface area contributed by atoms with Crippen molar-refractivity contribution >= 4 is 11.8 Å². The highest BCUT2D eigenvalue weighted by molar-refractivity contribution is 5.71. The molecule has 6 nitrogen and oxygen atoms in total. The Hall–Kier alpha value is -1.85. The average molecular weight is 253 g/mol. The zero-order valence-corrected chi connectivity index (χ0v) is 10.9. The molecule has 1 atom stereocenters. The first kappa shape index (κ1) is 14.2. The fourth-order valence-electron chi connectivity index (χ4n) is 1.47. The van der Waals surface area contributed by atoms with Gasteiger partial charge in [-0.2, -0.15) is 4.98 Å². The van der Waals surface area contributed by atoms with E-state index < -0.39 is 11.9 Å². The van der Waals surface area contributed by atoms with E-state index in [1.54, 1.807) is 6.20 Å². The maximum absolute atomic E-state index is 11.0. The summed E-state index contributed by atoms with van der Waals surface area (Å²) >= 11 is 0. The zero-order valence-electron chi connectivity index (χ0n) is 10.9. The number of hydrogen-bond donors (Lipinski definition) is 2. The van der Waals surface area contributed by atoms with E-state index in [4.69, 9.17) is 9.84 Å². The molecular formula is C12H19N3O3. The molecule has 1 aromatic heterocycles. The Morgan fingerprint density at radius 2 is 2.22 bits per heavy atom. The lowest BCUT2D eigenvalue weighted by Gasteiger charge is -2.17. The molecule has 0 bridgehead atoms. The summed E-state index contributed by atoms with van der Waals surface area (Å²) < 4.78 is 5.22. The number of aromatic nitrogens is 2. The molecule has 0 aromatic carbocycles. The van der Waals surface area contributed by atoms with Gasteiger partial charge in [0.25, 0.3) is 0 Å². The molecule has 1 unspecified atom stereocenters. The average Bonchev–Trinajstić information content (AvgIpc) is 2.29. The van der Waals surface area contributed by atoms with Crippen LogP contribution >= 0.6 is 0 Å². The predicted molar refractivity (Wildman–Crippen MR) is 67.7 cm³/mol. The number of nitrogens with zero attached hydrogens (tertiary/aromatic N) is 2. The summed E-state index contributed by atoms with van der Waals surface area (Å²) in [5.41, 5.74) is 0. The van der Waals surface area contributed by atoms with Crippen LogP contribution in [0.3, 0.4) is 0 Å². The lowest BCUT2D eigenvalue weighted by atomic mass is 9.96. The number of rotatable bonds is 7. The van der Waals surface area contributed by atoms with Crippen LogP contribution in [-0.2, 0) is 4.79 Å². The molecule has 0 aliphatic carbocycles. The second kappa shape index (κ2) is 6.78. The third-order valence-electron chi connectivity index (χ3n) is 2.53. The summed E-state index contributed by atoms with van der Waals surface area (Å²) in [6, 6.07) is 0. The van der Waals surface area contributed by atoms with E-state index in [0.717, 1.165) is 0 Å². The molecule has 0 aliphatic rings. The molecule has 0 saturated carbocycles. The van der Waals surface area contributed by atoms with Crippen molar-refractivity contribution in [2.75, 3.05) is 18.5 Å². The minimum Gasteiger partial charge on any atom is -0.481 e. The van der Waals surface area contributed by atoms with Crippen LogP contribution in [0.25, 0.3) is 0 Å². The van der Waals surface area contributed by atoms with Gasteiger partial charge < -0.3 is 15.2 Å². The summed E-state index contributed by atoms with van der Waals surface area (Å²) in [4.78, 5) is 19.2. The van der Waals surface area contributed by atoms with Gasteiger partial charge in [0.1, 0.15) is 5.82 Å². The van der Waals surface area contributed by atoms with E-state index in [1.165, 1.54) is 6.20 Å². The van der Waals surface area contributed by atoms with Crippen molar-refractivity contribution < 1.29 is 14.6 Å². The van der Waals surface area contributed by atoms with Crippen molar-refractivity contribution in [3.05, 3.63) is 12.4 Å². The minimum absolute atomic E-state index is 0.0537. The van der Waals surface area contributed by atoms with Crippen LogP contribution in [0.2, 0.25) is 0 Å². The molecule has 0 spiro atoms. The van der Waals surface area contributed by atoms with E-state index >= 15 is 0 Å². The SMILES string of the molecule is CCOc1cncc(NCC(C(=O)O)C(C)C)n1. The van der Waals surface area contributed by atoms with Gasteiger partial charge in [0.2, 0.25) is 5.88 Å².